The summed E-state index contributed by atoms with van der Waals surface area (Å²) in [5.74, 6) is 0.613. The number of fused-ring (bicyclic) bond motifs is 1. The van der Waals surface area contributed by atoms with Crippen LogP contribution in [-0.2, 0) is 19.0 Å². The minimum absolute atomic E-state index is 0.0188. The molecule has 0 aromatic rings. The van der Waals surface area contributed by atoms with Gasteiger partial charge in [-0.3, -0.25) is 0 Å². The predicted octanol–water partition coefficient (Wildman–Crippen LogP) is 3.93. The lowest BCUT2D eigenvalue weighted by Crippen LogP contribution is -2.71. The molecule has 0 bridgehead atoms. The van der Waals surface area contributed by atoms with Crippen LogP contribution in [-0.4, -0.2) is 117 Å². The van der Waals surface area contributed by atoms with Crippen LogP contribution in [0.25, 0.3) is 0 Å². The smallest absolute Gasteiger partial charge is 0.335 e. The van der Waals surface area contributed by atoms with E-state index in [1.807, 2.05) is 12.3 Å². The molecule has 6 aliphatic rings. The molecule has 0 aromatic heterocycles. The highest BCUT2D eigenvalue weighted by Gasteiger charge is 2.58. The summed E-state index contributed by atoms with van der Waals surface area (Å²) in [5, 5.41) is 68.8. The van der Waals surface area contributed by atoms with Crippen molar-refractivity contribution in [3.8, 4) is 0 Å². The van der Waals surface area contributed by atoms with Gasteiger partial charge in [0.2, 0.25) is 0 Å². The summed E-state index contributed by atoms with van der Waals surface area (Å²) >= 11 is 0. The van der Waals surface area contributed by atoms with Gasteiger partial charge in [-0.05, 0) is 93.9 Å². The monoisotopic (exact) mass is 759 g/mol. The molecule has 0 radical (unpaired) electrons. The first-order valence-corrected chi connectivity index (χ1v) is 21.0. The average Bonchev–Trinajstić information content (AvgIpc) is 3.69. The van der Waals surface area contributed by atoms with Crippen molar-refractivity contribution < 1.29 is 49.6 Å². The molecule has 3 saturated carbocycles. The molecular formula is C42H67N2O10+. The van der Waals surface area contributed by atoms with Crippen molar-refractivity contribution in [1.82, 2.24) is 5.32 Å². The maximum atomic E-state index is 12.1. The number of nitrogens with zero attached hydrogens (tertiary/aromatic N) is 1. The highest BCUT2D eigenvalue weighted by Crippen LogP contribution is 2.44. The lowest BCUT2D eigenvalue weighted by atomic mass is 9.69. The first-order chi connectivity index (χ1) is 26.0. The van der Waals surface area contributed by atoms with Gasteiger partial charge >= 0.3 is 5.97 Å². The molecule has 0 spiro atoms. The van der Waals surface area contributed by atoms with Crippen LogP contribution in [0, 0.1) is 48.0 Å². The van der Waals surface area contributed by atoms with Crippen LogP contribution in [0.2, 0.25) is 0 Å². The number of rotatable bonds is 15. The van der Waals surface area contributed by atoms with Crippen molar-refractivity contribution in [2.45, 2.75) is 158 Å². The van der Waals surface area contributed by atoms with Crippen LogP contribution in [0.5, 0.6) is 0 Å². The van der Waals surface area contributed by atoms with Crippen molar-refractivity contribution >= 4 is 12.2 Å². The highest BCUT2D eigenvalue weighted by atomic mass is 16.7. The van der Waals surface area contributed by atoms with E-state index >= 15 is 0 Å². The predicted molar refractivity (Wildman–Crippen MR) is 203 cm³/mol. The fourth-order valence-electron chi connectivity index (χ4n) is 10.4. The second-order valence-electron chi connectivity index (χ2n) is 17.5. The third kappa shape index (κ3) is 9.80. The SMILES string of the molecule is CCC1CCCCC1C=CCC(C)C(CNCC1(O)C(OC2CCC3C(C2)OCC(C2CCC(O)CC2)C3O)OC(C(=O)O)C(O)C1O)CC1=C[CH+]N=C1. The topological polar surface area (TPSA) is 191 Å². The summed E-state index contributed by atoms with van der Waals surface area (Å²) in [7, 11) is 0. The minimum atomic E-state index is -2.16. The van der Waals surface area contributed by atoms with Crippen molar-refractivity contribution in [1.29, 1.82) is 0 Å². The van der Waals surface area contributed by atoms with Crippen molar-refractivity contribution in [2.75, 3.05) is 19.7 Å². The van der Waals surface area contributed by atoms with Crippen LogP contribution in [0.3, 0.4) is 0 Å². The number of carboxylic acids is 1. The van der Waals surface area contributed by atoms with Crippen molar-refractivity contribution in [2.24, 2.45) is 46.4 Å². The van der Waals surface area contributed by atoms with Gasteiger partial charge in [0.1, 0.15) is 24.3 Å². The Morgan fingerprint density at radius 2 is 1.85 bits per heavy atom. The maximum Gasteiger partial charge on any atom is 0.335 e. The number of hydrogen-bond acceptors (Lipinski definition) is 11. The maximum absolute atomic E-state index is 12.1. The van der Waals surface area contributed by atoms with E-state index in [0.717, 1.165) is 50.0 Å². The number of carbonyl (C=O) groups is 1. The van der Waals surface area contributed by atoms with Crippen LogP contribution in [0.15, 0.2) is 28.8 Å². The quantitative estimate of drug-likeness (QED) is 0.0947. The summed E-state index contributed by atoms with van der Waals surface area (Å²) in [6, 6.07) is 0. The Kier molecular flexibility index (Phi) is 14.7. The zero-order valence-corrected chi connectivity index (χ0v) is 32.3. The van der Waals surface area contributed by atoms with E-state index in [4.69, 9.17) is 14.2 Å². The standard InChI is InChI=1S/C42H66N2O10/c1-3-27-8-4-5-9-28(27)10-6-7-25(2)30(19-26-17-18-43-21-26)22-44-24-42(51)39(48)37(47)38(40(49)50)54-41(42)53-32-15-16-33-35(20-32)52-23-34(36(33)46)29-11-13-31(45)14-12-29/h6,10,17-18,21,25,27-39,41,44-48,51H,3-5,7-9,11-16,19-20,22-24H2,1-2H3/p+1. The molecule has 3 aliphatic heterocycles. The Morgan fingerprint density at radius 1 is 1.07 bits per heavy atom. The molecule has 0 aromatic carbocycles. The zero-order valence-electron chi connectivity index (χ0n) is 32.3. The Bertz CT molecular complexity index is 1300. The molecule has 7 N–H and O–H groups in total. The first-order valence-electron chi connectivity index (χ1n) is 21.0. The second kappa shape index (κ2) is 19.0. The lowest BCUT2D eigenvalue weighted by molar-refractivity contribution is -0.345. The van der Waals surface area contributed by atoms with E-state index in [2.05, 4.69) is 36.3 Å². The number of allylic oxidation sites excluding steroid dienone is 3. The highest BCUT2D eigenvalue weighted by molar-refractivity contribution is 5.82. The van der Waals surface area contributed by atoms with Gasteiger partial charge in [0.05, 0.1) is 37.1 Å². The Labute approximate surface area is 321 Å². The van der Waals surface area contributed by atoms with Crippen molar-refractivity contribution in [3.05, 3.63) is 30.3 Å². The third-order valence-electron chi connectivity index (χ3n) is 14.0. The Balaban J connectivity index is 1.09. The normalized spacial score (nSPS) is 42.6. The molecule has 6 rings (SSSR count). The number of carboxylic acid groups (broad SMARTS) is 1. The molecule has 2 saturated heterocycles. The van der Waals surface area contributed by atoms with Gasteiger partial charge < -0.3 is 50.2 Å². The van der Waals surface area contributed by atoms with Crippen LogP contribution in [0.4, 0.5) is 0 Å². The summed E-state index contributed by atoms with van der Waals surface area (Å²) in [6.45, 7) is 7.01. The number of ether oxygens (including phenoxy) is 3. The largest absolute Gasteiger partial charge is 0.479 e. The van der Waals surface area contributed by atoms with Crippen LogP contribution < -0.4 is 5.32 Å². The number of nitrogens with one attached hydrogen (secondary N) is 1. The summed E-state index contributed by atoms with van der Waals surface area (Å²) in [6.07, 6.45) is 12.9. The van der Waals surface area contributed by atoms with Crippen molar-refractivity contribution in [3.63, 3.8) is 0 Å². The molecule has 5 fully saturated rings. The van der Waals surface area contributed by atoms with Gasteiger partial charge in [-0.25, -0.2) is 4.79 Å². The zero-order chi connectivity index (χ0) is 38.4. The number of aliphatic imine (C=N–C) groups is 1. The fourth-order valence-corrected chi connectivity index (χ4v) is 10.4. The lowest BCUT2D eigenvalue weighted by Gasteiger charge is -2.50. The molecule has 304 valence electrons. The fraction of sp³-hybridized carbons (Fsp3) is 0.833. The van der Waals surface area contributed by atoms with Gasteiger partial charge in [-0.15, -0.1) is 4.99 Å². The van der Waals surface area contributed by atoms with E-state index < -0.39 is 48.4 Å². The Hall–Kier alpha value is -1.87. The molecule has 0 amide bonds. The van der Waals surface area contributed by atoms with E-state index in [-0.39, 0.29) is 42.4 Å². The average molecular weight is 760 g/mol. The number of aliphatic hydroxyl groups is 5. The molecule has 3 aliphatic carbocycles. The first kappa shape index (κ1) is 41.8. The van der Waals surface area contributed by atoms with Gasteiger partial charge in [0.25, 0.3) is 0 Å². The van der Waals surface area contributed by atoms with Crippen LogP contribution in [0.1, 0.15) is 104 Å². The van der Waals surface area contributed by atoms with Gasteiger partial charge in [0.15, 0.2) is 24.2 Å². The molecule has 14 unspecified atom stereocenters. The number of aliphatic hydroxyl groups excluding tert-OH is 4. The number of aliphatic carboxylic acids is 1. The molecular weight excluding hydrogens is 692 g/mol. The minimum Gasteiger partial charge on any atom is -0.479 e. The second-order valence-corrected chi connectivity index (χ2v) is 17.5. The van der Waals surface area contributed by atoms with E-state index in [9.17, 15) is 35.4 Å². The summed E-state index contributed by atoms with van der Waals surface area (Å²) in [4.78, 5) is 16.3. The van der Waals surface area contributed by atoms with Gasteiger partial charge in [0, 0.05) is 31.2 Å². The molecule has 12 heteroatoms. The molecule has 3 heterocycles. The summed E-state index contributed by atoms with van der Waals surface area (Å²) in [5.41, 5.74) is -1.04. The van der Waals surface area contributed by atoms with E-state index in [1.165, 1.54) is 32.1 Å². The summed E-state index contributed by atoms with van der Waals surface area (Å²) < 4.78 is 18.5. The van der Waals surface area contributed by atoms with E-state index in [1.54, 1.807) is 6.54 Å². The van der Waals surface area contributed by atoms with Gasteiger partial charge in [-0.2, -0.15) is 0 Å². The number of hydrogen-bond donors (Lipinski definition) is 7. The molecule has 14 atom stereocenters. The third-order valence-corrected chi connectivity index (χ3v) is 14.0. The molecule has 54 heavy (non-hydrogen) atoms. The molecule has 12 nitrogen and oxygen atoms in total. The Morgan fingerprint density at radius 3 is 2.57 bits per heavy atom. The van der Waals surface area contributed by atoms with Crippen LogP contribution >= 0.6 is 0 Å². The van der Waals surface area contributed by atoms with Gasteiger partial charge in [-0.1, -0.05) is 45.3 Å². The van der Waals surface area contributed by atoms with E-state index in [0.29, 0.717) is 44.2 Å².